The van der Waals surface area contributed by atoms with Gasteiger partial charge in [-0.05, 0) is 43.3 Å². The topological polar surface area (TPSA) is 17.0 Å². The van der Waals surface area contributed by atoms with Crippen LogP contribution >= 0.6 is 23.2 Å². The van der Waals surface area contributed by atoms with Crippen LogP contribution in [0.15, 0.2) is 36.7 Å². The van der Waals surface area contributed by atoms with Crippen LogP contribution in [0.25, 0.3) is 0 Å². The highest BCUT2D eigenvalue weighted by Crippen LogP contribution is 2.22. The zero-order chi connectivity index (χ0) is 13.1. The van der Waals surface area contributed by atoms with Crippen molar-refractivity contribution in [2.24, 2.45) is 0 Å². The predicted octanol–water partition coefficient (Wildman–Crippen LogP) is 4.12. The molecule has 1 aromatic heterocycles. The average Bonchev–Trinajstić information content (AvgIpc) is 2.80. The Labute approximate surface area is 118 Å². The first-order valence-corrected chi connectivity index (χ1v) is 6.62. The van der Waals surface area contributed by atoms with Crippen molar-refractivity contribution >= 4 is 23.2 Å². The SMILES string of the molecule is CNC(C)c1ccn(Cc2ccc(Cl)cc2Cl)c1. The van der Waals surface area contributed by atoms with Gasteiger partial charge >= 0.3 is 0 Å². The molecule has 2 aromatic rings. The van der Waals surface area contributed by atoms with Crippen LogP contribution < -0.4 is 5.32 Å². The number of benzene rings is 1. The molecule has 0 aliphatic heterocycles. The second kappa shape index (κ2) is 5.79. The monoisotopic (exact) mass is 282 g/mol. The molecule has 2 rings (SSSR count). The number of rotatable bonds is 4. The lowest BCUT2D eigenvalue weighted by Crippen LogP contribution is -2.11. The van der Waals surface area contributed by atoms with E-state index in [-0.39, 0.29) is 0 Å². The molecule has 2 nitrogen and oxygen atoms in total. The molecule has 4 heteroatoms. The lowest BCUT2D eigenvalue weighted by Gasteiger charge is -2.08. The zero-order valence-electron chi connectivity index (χ0n) is 10.5. The van der Waals surface area contributed by atoms with E-state index in [1.807, 2.05) is 19.2 Å². The fraction of sp³-hybridized carbons (Fsp3) is 0.286. The van der Waals surface area contributed by atoms with E-state index in [1.54, 1.807) is 6.07 Å². The maximum atomic E-state index is 6.17. The van der Waals surface area contributed by atoms with Gasteiger partial charge in [-0.2, -0.15) is 0 Å². The summed E-state index contributed by atoms with van der Waals surface area (Å²) in [5.41, 5.74) is 2.34. The maximum absolute atomic E-state index is 6.17. The number of halogens is 2. The Hall–Kier alpha value is -0.960. The fourth-order valence-corrected chi connectivity index (χ4v) is 2.30. The number of aromatic nitrogens is 1. The Kier molecular flexibility index (Phi) is 4.33. The van der Waals surface area contributed by atoms with Crippen molar-refractivity contribution in [3.8, 4) is 0 Å². The van der Waals surface area contributed by atoms with Crippen molar-refractivity contribution < 1.29 is 0 Å². The molecule has 0 spiro atoms. The minimum Gasteiger partial charge on any atom is -0.350 e. The van der Waals surface area contributed by atoms with Gasteiger partial charge in [0.15, 0.2) is 0 Å². The normalized spacial score (nSPS) is 12.7. The van der Waals surface area contributed by atoms with Crippen LogP contribution in [0, 0.1) is 0 Å². The van der Waals surface area contributed by atoms with Gasteiger partial charge in [0.1, 0.15) is 0 Å². The molecule has 96 valence electrons. The standard InChI is InChI=1S/C14H16Cl2N2/c1-10(17-2)11-5-6-18(8-11)9-12-3-4-13(15)7-14(12)16/h3-8,10,17H,9H2,1-2H3. The molecule has 1 atom stereocenters. The molecule has 18 heavy (non-hydrogen) atoms. The van der Waals surface area contributed by atoms with Gasteiger partial charge < -0.3 is 9.88 Å². The summed E-state index contributed by atoms with van der Waals surface area (Å²) < 4.78 is 2.12. The van der Waals surface area contributed by atoms with E-state index in [1.165, 1.54) is 5.56 Å². The van der Waals surface area contributed by atoms with Crippen LogP contribution in [0.4, 0.5) is 0 Å². The maximum Gasteiger partial charge on any atom is 0.0485 e. The molecule has 0 aliphatic rings. The molecule has 1 heterocycles. The lowest BCUT2D eigenvalue weighted by atomic mass is 10.2. The molecule has 0 amide bonds. The molecule has 1 N–H and O–H groups in total. The van der Waals surface area contributed by atoms with E-state index in [9.17, 15) is 0 Å². The molecule has 0 aliphatic carbocycles. The summed E-state index contributed by atoms with van der Waals surface area (Å²) in [6.45, 7) is 2.89. The van der Waals surface area contributed by atoms with Gasteiger partial charge in [0, 0.05) is 35.0 Å². The second-order valence-electron chi connectivity index (χ2n) is 4.36. The van der Waals surface area contributed by atoms with E-state index in [4.69, 9.17) is 23.2 Å². The molecule has 1 unspecified atom stereocenters. The molecular formula is C14H16Cl2N2. The summed E-state index contributed by atoms with van der Waals surface area (Å²) in [6, 6.07) is 8.08. The minimum atomic E-state index is 0.354. The lowest BCUT2D eigenvalue weighted by molar-refractivity contribution is 0.649. The Bertz CT molecular complexity index is 534. The summed E-state index contributed by atoms with van der Waals surface area (Å²) in [5, 5.41) is 4.60. The van der Waals surface area contributed by atoms with E-state index < -0.39 is 0 Å². The summed E-state index contributed by atoms with van der Waals surface area (Å²) in [6.07, 6.45) is 4.19. The third-order valence-electron chi connectivity index (χ3n) is 3.07. The van der Waals surface area contributed by atoms with Crippen molar-refractivity contribution in [3.05, 3.63) is 57.8 Å². The minimum absolute atomic E-state index is 0.354. The third kappa shape index (κ3) is 3.08. The number of nitrogens with zero attached hydrogens (tertiary/aromatic N) is 1. The summed E-state index contributed by atoms with van der Waals surface area (Å²) >= 11 is 12.1. The van der Waals surface area contributed by atoms with Crippen LogP contribution in [0.1, 0.15) is 24.1 Å². The molecule has 0 radical (unpaired) electrons. The molecule has 0 saturated carbocycles. The first kappa shape index (κ1) is 13.5. The Balaban J connectivity index is 2.16. The van der Waals surface area contributed by atoms with Gasteiger partial charge in [0.2, 0.25) is 0 Å². The Morgan fingerprint density at radius 3 is 2.72 bits per heavy atom. The van der Waals surface area contributed by atoms with E-state index >= 15 is 0 Å². The average molecular weight is 283 g/mol. The summed E-state index contributed by atoms with van der Waals surface area (Å²) in [5.74, 6) is 0. The van der Waals surface area contributed by atoms with Gasteiger partial charge in [0.25, 0.3) is 0 Å². The molecule has 0 fully saturated rings. The van der Waals surface area contributed by atoms with Crippen molar-refractivity contribution in [1.82, 2.24) is 9.88 Å². The van der Waals surface area contributed by atoms with Gasteiger partial charge in [-0.25, -0.2) is 0 Å². The van der Waals surface area contributed by atoms with Gasteiger partial charge in [-0.1, -0.05) is 29.3 Å². The first-order chi connectivity index (χ1) is 8.60. The number of hydrogen-bond acceptors (Lipinski definition) is 1. The largest absolute Gasteiger partial charge is 0.350 e. The molecule has 0 bridgehead atoms. The van der Waals surface area contributed by atoms with Crippen molar-refractivity contribution in [3.63, 3.8) is 0 Å². The zero-order valence-corrected chi connectivity index (χ0v) is 12.0. The van der Waals surface area contributed by atoms with Crippen molar-refractivity contribution in [2.75, 3.05) is 7.05 Å². The van der Waals surface area contributed by atoms with Crippen molar-refractivity contribution in [2.45, 2.75) is 19.5 Å². The van der Waals surface area contributed by atoms with Gasteiger partial charge in [-0.15, -0.1) is 0 Å². The summed E-state index contributed by atoms with van der Waals surface area (Å²) in [7, 11) is 1.96. The molecular weight excluding hydrogens is 267 g/mol. The highest BCUT2D eigenvalue weighted by atomic mass is 35.5. The van der Waals surface area contributed by atoms with E-state index in [0.717, 1.165) is 12.1 Å². The van der Waals surface area contributed by atoms with Crippen LogP contribution in [0.5, 0.6) is 0 Å². The van der Waals surface area contributed by atoms with E-state index in [2.05, 4.69) is 35.3 Å². The van der Waals surface area contributed by atoms with Crippen LogP contribution in [0.2, 0.25) is 10.0 Å². The highest BCUT2D eigenvalue weighted by molar-refractivity contribution is 6.35. The van der Waals surface area contributed by atoms with Crippen molar-refractivity contribution in [1.29, 1.82) is 0 Å². The van der Waals surface area contributed by atoms with Gasteiger partial charge in [0.05, 0.1) is 0 Å². The highest BCUT2D eigenvalue weighted by Gasteiger charge is 2.06. The number of hydrogen-bond donors (Lipinski definition) is 1. The van der Waals surface area contributed by atoms with Crippen LogP contribution in [-0.4, -0.2) is 11.6 Å². The predicted molar refractivity (Wildman–Crippen MR) is 77.5 cm³/mol. The molecule has 0 saturated heterocycles. The second-order valence-corrected chi connectivity index (χ2v) is 5.21. The Morgan fingerprint density at radius 1 is 1.28 bits per heavy atom. The Morgan fingerprint density at radius 2 is 2.06 bits per heavy atom. The third-order valence-corrected chi connectivity index (χ3v) is 3.66. The van der Waals surface area contributed by atoms with Crippen LogP contribution in [0.3, 0.4) is 0 Å². The van der Waals surface area contributed by atoms with Gasteiger partial charge in [-0.3, -0.25) is 0 Å². The summed E-state index contributed by atoms with van der Waals surface area (Å²) in [4.78, 5) is 0. The molecule has 1 aromatic carbocycles. The quantitative estimate of drug-likeness (QED) is 0.893. The number of nitrogens with one attached hydrogen (secondary N) is 1. The first-order valence-electron chi connectivity index (χ1n) is 5.87. The fourth-order valence-electron chi connectivity index (χ4n) is 1.83. The smallest absolute Gasteiger partial charge is 0.0485 e. The van der Waals surface area contributed by atoms with E-state index in [0.29, 0.717) is 16.1 Å². The van der Waals surface area contributed by atoms with Crippen LogP contribution in [-0.2, 0) is 6.54 Å².